The largest absolute Gasteiger partial charge is 0.357 e. The zero-order chi connectivity index (χ0) is 20.1. The molecule has 1 fully saturated rings. The van der Waals surface area contributed by atoms with Crippen molar-refractivity contribution in [3.8, 4) is 5.69 Å². The number of nitrogens with zero attached hydrogens (tertiary/aromatic N) is 6. The van der Waals surface area contributed by atoms with Crippen LogP contribution >= 0.6 is 24.0 Å². The topological polar surface area (TPSA) is 63.3 Å². The van der Waals surface area contributed by atoms with Crippen molar-refractivity contribution in [2.75, 3.05) is 19.6 Å². The zero-order valence-electron chi connectivity index (χ0n) is 17.6. The van der Waals surface area contributed by atoms with Crippen molar-refractivity contribution in [2.45, 2.75) is 32.9 Å². The summed E-state index contributed by atoms with van der Waals surface area (Å²) in [7, 11) is 0. The van der Waals surface area contributed by atoms with E-state index in [-0.39, 0.29) is 24.0 Å². The van der Waals surface area contributed by atoms with Crippen LogP contribution in [0.1, 0.15) is 31.9 Å². The van der Waals surface area contributed by atoms with Gasteiger partial charge in [-0.15, -0.1) is 24.0 Å². The van der Waals surface area contributed by atoms with Crippen LogP contribution in [0, 0.1) is 5.92 Å². The molecule has 1 aliphatic heterocycles. The minimum atomic E-state index is 0. The number of benzene rings is 1. The lowest BCUT2D eigenvalue weighted by atomic mass is 9.93. The molecule has 2 unspecified atom stereocenters. The molecule has 3 heterocycles. The standard InChI is InChI=1S/C22H29N7.HI/c1-3-24-22(27-12-8-18(2)21(16-27)28-13-10-23-17-28)25-15-19-6-4-7-20(14-19)29-11-5-9-26-29;/h4-7,9-11,13-14,17-18,21H,3,8,12,15-16H2,1-2H3,(H,24,25);1H. The molecule has 30 heavy (non-hydrogen) atoms. The SMILES string of the molecule is CCNC(=NCc1cccc(-n2cccn2)c1)N1CCC(C)C(n2ccnc2)C1.I. The van der Waals surface area contributed by atoms with Gasteiger partial charge in [-0.1, -0.05) is 19.1 Å². The molecule has 4 rings (SSSR count). The van der Waals surface area contributed by atoms with Crippen molar-refractivity contribution in [3.63, 3.8) is 0 Å². The maximum Gasteiger partial charge on any atom is 0.194 e. The highest BCUT2D eigenvalue weighted by Gasteiger charge is 2.28. The molecule has 0 spiro atoms. The summed E-state index contributed by atoms with van der Waals surface area (Å²) in [6.07, 6.45) is 10.7. The molecule has 8 heteroatoms. The van der Waals surface area contributed by atoms with Crippen LogP contribution in [0.25, 0.3) is 5.69 Å². The van der Waals surface area contributed by atoms with E-state index in [0.717, 1.165) is 37.7 Å². The lowest BCUT2D eigenvalue weighted by molar-refractivity contribution is 0.189. The number of rotatable bonds is 5. The van der Waals surface area contributed by atoms with E-state index in [2.05, 4.69) is 69.2 Å². The maximum absolute atomic E-state index is 4.95. The van der Waals surface area contributed by atoms with Crippen LogP contribution in [0.15, 0.2) is 66.4 Å². The molecule has 1 aliphatic rings. The van der Waals surface area contributed by atoms with Gasteiger partial charge in [-0.2, -0.15) is 5.10 Å². The van der Waals surface area contributed by atoms with E-state index in [1.165, 1.54) is 5.56 Å². The number of aromatic nitrogens is 4. The van der Waals surface area contributed by atoms with Crippen LogP contribution < -0.4 is 5.32 Å². The molecular weight excluding hydrogens is 489 g/mol. The smallest absolute Gasteiger partial charge is 0.194 e. The molecule has 3 aromatic rings. The predicted molar refractivity (Wildman–Crippen MR) is 130 cm³/mol. The van der Waals surface area contributed by atoms with Gasteiger partial charge >= 0.3 is 0 Å². The molecule has 2 aromatic heterocycles. The average molecular weight is 519 g/mol. The lowest BCUT2D eigenvalue weighted by Gasteiger charge is -2.39. The van der Waals surface area contributed by atoms with Gasteiger partial charge in [0.05, 0.1) is 24.6 Å². The van der Waals surface area contributed by atoms with Crippen molar-refractivity contribution in [1.82, 2.24) is 29.5 Å². The molecule has 0 bridgehead atoms. The van der Waals surface area contributed by atoms with Gasteiger partial charge in [0.25, 0.3) is 0 Å². The molecule has 160 valence electrons. The Morgan fingerprint density at radius 2 is 2.13 bits per heavy atom. The normalized spacial score (nSPS) is 19.4. The van der Waals surface area contributed by atoms with Gasteiger partial charge in [0.2, 0.25) is 0 Å². The van der Waals surface area contributed by atoms with Crippen LogP contribution in [0.5, 0.6) is 0 Å². The highest BCUT2D eigenvalue weighted by molar-refractivity contribution is 14.0. The molecule has 1 N–H and O–H groups in total. The number of imidazole rings is 1. The fourth-order valence-corrected chi connectivity index (χ4v) is 3.91. The van der Waals surface area contributed by atoms with Gasteiger partial charge in [0.1, 0.15) is 0 Å². The van der Waals surface area contributed by atoms with E-state index in [0.29, 0.717) is 18.5 Å². The predicted octanol–water partition coefficient (Wildman–Crippen LogP) is 3.74. The van der Waals surface area contributed by atoms with E-state index in [1.807, 2.05) is 29.5 Å². The Kier molecular flexibility index (Phi) is 7.89. The third-order valence-corrected chi connectivity index (χ3v) is 5.55. The average Bonchev–Trinajstić information content (AvgIpc) is 3.46. The van der Waals surface area contributed by atoms with Crippen LogP contribution in [0.4, 0.5) is 0 Å². The zero-order valence-corrected chi connectivity index (χ0v) is 19.9. The first-order valence-corrected chi connectivity index (χ1v) is 10.3. The van der Waals surface area contributed by atoms with E-state index in [9.17, 15) is 0 Å². The number of nitrogens with one attached hydrogen (secondary N) is 1. The van der Waals surface area contributed by atoms with E-state index >= 15 is 0 Å². The van der Waals surface area contributed by atoms with E-state index < -0.39 is 0 Å². The number of likely N-dealkylation sites (tertiary alicyclic amines) is 1. The van der Waals surface area contributed by atoms with Crippen molar-refractivity contribution in [3.05, 3.63) is 67.0 Å². The molecule has 0 amide bonds. The fraction of sp³-hybridized carbons (Fsp3) is 0.409. The Morgan fingerprint density at radius 1 is 1.23 bits per heavy atom. The molecule has 1 aromatic carbocycles. The number of halogens is 1. The van der Waals surface area contributed by atoms with Gasteiger partial charge in [0, 0.05) is 44.4 Å². The lowest BCUT2D eigenvalue weighted by Crippen LogP contribution is -2.49. The number of aliphatic imine (C=N–C) groups is 1. The Morgan fingerprint density at radius 3 is 2.87 bits per heavy atom. The van der Waals surface area contributed by atoms with Crippen LogP contribution in [0.2, 0.25) is 0 Å². The second kappa shape index (κ2) is 10.6. The molecule has 1 saturated heterocycles. The number of guanidine groups is 1. The third kappa shape index (κ3) is 5.21. The summed E-state index contributed by atoms with van der Waals surface area (Å²) in [5.41, 5.74) is 2.23. The van der Waals surface area contributed by atoms with Crippen LogP contribution in [-0.4, -0.2) is 49.8 Å². The summed E-state index contributed by atoms with van der Waals surface area (Å²) in [5, 5.41) is 7.80. The molecule has 0 aliphatic carbocycles. The van der Waals surface area contributed by atoms with Gasteiger partial charge < -0.3 is 14.8 Å². The summed E-state index contributed by atoms with van der Waals surface area (Å²) in [6.45, 7) is 7.90. The van der Waals surface area contributed by atoms with Crippen molar-refractivity contribution >= 4 is 29.9 Å². The summed E-state index contributed by atoms with van der Waals surface area (Å²) >= 11 is 0. The Balaban J connectivity index is 0.00000256. The quantitative estimate of drug-likeness (QED) is 0.317. The van der Waals surface area contributed by atoms with E-state index in [1.54, 1.807) is 6.20 Å². The molecular formula is C22H30IN7. The fourth-order valence-electron chi connectivity index (χ4n) is 3.91. The first-order chi connectivity index (χ1) is 14.2. The monoisotopic (exact) mass is 519 g/mol. The van der Waals surface area contributed by atoms with E-state index in [4.69, 9.17) is 4.99 Å². The second-order valence-electron chi connectivity index (χ2n) is 7.58. The highest BCUT2D eigenvalue weighted by atomic mass is 127. The highest BCUT2D eigenvalue weighted by Crippen LogP contribution is 2.27. The molecule has 7 nitrogen and oxygen atoms in total. The third-order valence-electron chi connectivity index (χ3n) is 5.55. The summed E-state index contributed by atoms with van der Waals surface area (Å²) < 4.78 is 4.11. The Bertz CT molecular complexity index is 921. The first-order valence-electron chi connectivity index (χ1n) is 10.3. The summed E-state index contributed by atoms with van der Waals surface area (Å²) in [4.78, 5) is 11.6. The summed E-state index contributed by atoms with van der Waals surface area (Å²) in [6, 6.07) is 10.7. The van der Waals surface area contributed by atoms with Gasteiger partial charge in [-0.05, 0) is 43.0 Å². The summed E-state index contributed by atoms with van der Waals surface area (Å²) in [5.74, 6) is 1.60. The van der Waals surface area contributed by atoms with Gasteiger partial charge in [-0.3, -0.25) is 0 Å². The van der Waals surface area contributed by atoms with Crippen LogP contribution in [0.3, 0.4) is 0 Å². The number of hydrogen-bond donors (Lipinski definition) is 1. The molecule has 2 atom stereocenters. The molecule has 0 radical (unpaired) electrons. The molecule has 0 saturated carbocycles. The Labute approximate surface area is 195 Å². The second-order valence-corrected chi connectivity index (χ2v) is 7.58. The van der Waals surface area contributed by atoms with Gasteiger partial charge in [-0.25, -0.2) is 14.7 Å². The van der Waals surface area contributed by atoms with Crippen molar-refractivity contribution in [1.29, 1.82) is 0 Å². The minimum absolute atomic E-state index is 0. The number of piperidine rings is 1. The van der Waals surface area contributed by atoms with Crippen LogP contribution in [-0.2, 0) is 6.54 Å². The first kappa shape index (κ1) is 22.3. The van der Waals surface area contributed by atoms with Gasteiger partial charge in [0.15, 0.2) is 5.96 Å². The number of hydrogen-bond acceptors (Lipinski definition) is 3. The minimum Gasteiger partial charge on any atom is -0.357 e. The van der Waals surface area contributed by atoms with Crippen molar-refractivity contribution < 1.29 is 0 Å². The maximum atomic E-state index is 4.95. The Hall–Kier alpha value is -2.36. The van der Waals surface area contributed by atoms with Crippen molar-refractivity contribution in [2.24, 2.45) is 10.9 Å².